The zero-order valence-corrected chi connectivity index (χ0v) is 20.8. The molecular weight excluding hydrogens is 533 g/mol. The number of thiazole rings is 1. The molecule has 0 radical (unpaired) electrons. The van der Waals surface area contributed by atoms with Crippen LogP contribution in [0.3, 0.4) is 0 Å². The molecule has 1 aromatic carbocycles. The van der Waals surface area contributed by atoms with Crippen molar-refractivity contribution in [1.82, 2.24) is 25.4 Å². The Hall–Kier alpha value is -3.42. The van der Waals surface area contributed by atoms with Gasteiger partial charge in [-0.15, -0.1) is 11.3 Å². The lowest BCUT2D eigenvalue weighted by Crippen LogP contribution is -2.49. The number of carbonyl (C=O) groups is 1. The van der Waals surface area contributed by atoms with Gasteiger partial charge in [0.1, 0.15) is 24.0 Å². The molecule has 9 nitrogen and oxygen atoms in total. The number of hydrogen-bond donors (Lipinski definition) is 2. The second-order valence-electron chi connectivity index (χ2n) is 8.45. The summed E-state index contributed by atoms with van der Waals surface area (Å²) in [6.45, 7) is -2.75. The largest absolute Gasteiger partial charge is 0.447 e. The number of carbonyl (C=O) groups excluding carboxylic acids is 1. The molecule has 0 aliphatic carbocycles. The molecule has 0 bridgehead atoms. The van der Waals surface area contributed by atoms with Crippen LogP contribution < -0.4 is 10.6 Å². The number of aliphatic imine (C=N–C) groups is 1. The topological polar surface area (TPSA) is 103 Å². The number of amidine groups is 1. The standard InChI is InChI=1S/C23H20ClF3N6O3S/c1-35-10-23(11-36-22(34)31-23)9-16-17(15-4-6-33(32-15)21(26)27)18(13-3-2-12(25)8-14(13)24)30-19(29-16)20-28-5-7-37-20/h2-8,18,21H,9-11H2,1H3,(H,29,30)(H,31,34)/t18-,23+/m0/s1. The molecule has 194 valence electrons. The van der Waals surface area contributed by atoms with Crippen LogP contribution in [0.15, 0.2) is 52.7 Å². The molecule has 1 fully saturated rings. The number of cyclic esters (lactones) is 1. The summed E-state index contributed by atoms with van der Waals surface area (Å²) in [4.78, 5) is 21.1. The van der Waals surface area contributed by atoms with Crippen LogP contribution in [0.1, 0.15) is 35.3 Å². The highest BCUT2D eigenvalue weighted by atomic mass is 35.5. The number of halogens is 4. The number of rotatable bonds is 8. The summed E-state index contributed by atoms with van der Waals surface area (Å²) in [6.07, 6.45) is 2.30. The monoisotopic (exact) mass is 552 g/mol. The van der Waals surface area contributed by atoms with E-state index in [2.05, 4.69) is 20.7 Å². The van der Waals surface area contributed by atoms with E-state index < -0.39 is 30.0 Å². The van der Waals surface area contributed by atoms with Crippen molar-refractivity contribution in [3.05, 3.63) is 74.8 Å². The number of ether oxygens (including phenoxy) is 2. The summed E-state index contributed by atoms with van der Waals surface area (Å²) in [7, 11) is 1.49. The predicted molar refractivity (Wildman–Crippen MR) is 130 cm³/mol. The van der Waals surface area contributed by atoms with Crippen LogP contribution in [-0.4, -0.2) is 52.6 Å². The number of aromatic nitrogens is 3. The van der Waals surface area contributed by atoms with Crippen LogP contribution in [0, 0.1) is 5.82 Å². The van der Waals surface area contributed by atoms with E-state index in [0.29, 0.717) is 32.4 Å². The molecule has 14 heteroatoms. The van der Waals surface area contributed by atoms with Gasteiger partial charge in [0.2, 0.25) is 0 Å². The summed E-state index contributed by atoms with van der Waals surface area (Å²) >= 11 is 7.79. The van der Waals surface area contributed by atoms with E-state index in [-0.39, 0.29) is 30.4 Å². The normalized spacial score (nSPS) is 21.6. The molecule has 2 atom stereocenters. The molecule has 5 rings (SSSR count). The summed E-state index contributed by atoms with van der Waals surface area (Å²) in [5, 5.41) is 12.6. The molecule has 3 aromatic rings. The van der Waals surface area contributed by atoms with Crippen LogP contribution in [0.5, 0.6) is 0 Å². The van der Waals surface area contributed by atoms with Gasteiger partial charge in [0.15, 0.2) is 10.8 Å². The minimum Gasteiger partial charge on any atom is -0.447 e. The lowest BCUT2D eigenvalue weighted by molar-refractivity contribution is 0.0564. The average Bonchev–Trinajstić information content (AvgIpc) is 3.61. The maximum atomic E-state index is 13.9. The molecule has 0 spiro atoms. The Balaban J connectivity index is 1.71. The summed E-state index contributed by atoms with van der Waals surface area (Å²) in [5.41, 5.74) is 0.601. The van der Waals surface area contributed by atoms with Gasteiger partial charge in [-0.25, -0.2) is 18.9 Å². The van der Waals surface area contributed by atoms with Crippen molar-refractivity contribution in [2.24, 2.45) is 4.99 Å². The maximum Gasteiger partial charge on any atom is 0.407 e. The number of alkyl carbamates (subject to hydrolysis) is 1. The molecule has 1 amide bonds. The fourth-order valence-electron chi connectivity index (χ4n) is 4.35. The molecule has 1 saturated heterocycles. The number of methoxy groups -OCH3 is 1. The van der Waals surface area contributed by atoms with Crippen LogP contribution in [-0.2, 0) is 9.47 Å². The van der Waals surface area contributed by atoms with Crippen molar-refractivity contribution in [3.8, 4) is 0 Å². The highest BCUT2D eigenvalue weighted by molar-refractivity contribution is 7.11. The second-order valence-corrected chi connectivity index (χ2v) is 9.75. The highest BCUT2D eigenvalue weighted by Crippen LogP contribution is 2.42. The number of benzene rings is 1. The van der Waals surface area contributed by atoms with Crippen molar-refractivity contribution < 1.29 is 27.4 Å². The minimum atomic E-state index is -2.86. The molecule has 2 aromatic heterocycles. The first kappa shape index (κ1) is 25.2. The SMILES string of the molecule is COC[C@]1(CC2=C(c3ccn(C(F)F)n3)[C@H](c3ccc(F)cc3Cl)N=C(c3nccs3)N2)COC(=O)N1. The summed E-state index contributed by atoms with van der Waals surface area (Å²) < 4.78 is 51.9. The molecule has 2 N–H and O–H groups in total. The van der Waals surface area contributed by atoms with Crippen LogP contribution >= 0.6 is 22.9 Å². The van der Waals surface area contributed by atoms with Crippen LogP contribution in [0.25, 0.3) is 5.57 Å². The Morgan fingerprint density at radius 1 is 1.38 bits per heavy atom. The van der Waals surface area contributed by atoms with Gasteiger partial charge in [-0.3, -0.25) is 4.99 Å². The molecular formula is C23H20ClF3N6O3S. The quantitative estimate of drug-likeness (QED) is 0.425. The van der Waals surface area contributed by atoms with E-state index in [1.54, 1.807) is 11.6 Å². The fourth-order valence-corrected chi connectivity index (χ4v) is 5.21. The van der Waals surface area contributed by atoms with Gasteiger partial charge < -0.3 is 20.1 Å². The molecule has 2 aliphatic heterocycles. The van der Waals surface area contributed by atoms with Gasteiger partial charge in [-0.2, -0.15) is 13.9 Å². The average molecular weight is 553 g/mol. The zero-order chi connectivity index (χ0) is 26.2. The third kappa shape index (κ3) is 5.06. The Labute approximate surface area is 218 Å². The first-order chi connectivity index (χ1) is 17.8. The van der Waals surface area contributed by atoms with Gasteiger partial charge >= 0.3 is 12.6 Å². The van der Waals surface area contributed by atoms with Gasteiger partial charge in [0.05, 0.1) is 12.3 Å². The number of hydrogen-bond acceptors (Lipinski definition) is 8. The molecule has 4 heterocycles. The number of nitrogens with one attached hydrogen (secondary N) is 2. The number of amides is 1. The number of alkyl halides is 2. The van der Waals surface area contributed by atoms with E-state index in [1.165, 1.54) is 36.6 Å². The smallest absolute Gasteiger partial charge is 0.407 e. The Morgan fingerprint density at radius 2 is 2.22 bits per heavy atom. The molecule has 2 aliphatic rings. The fraction of sp³-hybridized carbons (Fsp3) is 0.304. The predicted octanol–water partition coefficient (Wildman–Crippen LogP) is 4.54. The maximum absolute atomic E-state index is 13.9. The Kier molecular flexibility index (Phi) is 6.92. The van der Waals surface area contributed by atoms with Crippen molar-refractivity contribution in [2.75, 3.05) is 20.3 Å². The first-order valence-electron chi connectivity index (χ1n) is 11.0. The van der Waals surface area contributed by atoms with Gasteiger partial charge in [-0.05, 0) is 18.2 Å². The van der Waals surface area contributed by atoms with Crippen molar-refractivity contribution >= 4 is 40.4 Å². The Bertz CT molecular complexity index is 1380. The minimum absolute atomic E-state index is 0.00923. The Morgan fingerprint density at radius 3 is 2.84 bits per heavy atom. The summed E-state index contributed by atoms with van der Waals surface area (Å²) in [6, 6.07) is 4.47. The molecule has 0 saturated carbocycles. The number of nitrogens with zero attached hydrogens (tertiary/aromatic N) is 4. The molecule has 37 heavy (non-hydrogen) atoms. The van der Waals surface area contributed by atoms with Crippen molar-refractivity contribution in [1.29, 1.82) is 0 Å². The van der Waals surface area contributed by atoms with E-state index in [9.17, 15) is 18.0 Å². The van der Waals surface area contributed by atoms with Crippen LogP contribution in [0.2, 0.25) is 5.02 Å². The van der Waals surface area contributed by atoms with E-state index >= 15 is 0 Å². The van der Waals surface area contributed by atoms with Crippen LogP contribution in [0.4, 0.5) is 18.0 Å². The lowest BCUT2D eigenvalue weighted by atomic mass is 9.87. The molecule has 0 unspecified atom stereocenters. The first-order valence-corrected chi connectivity index (χ1v) is 12.2. The van der Waals surface area contributed by atoms with E-state index in [0.717, 1.165) is 12.3 Å². The third-order valence-electron chi connectivity index (χ3n) is 5.88. The van der Waals surface area contributed by atoms with Crippen molar-refractivity contribution in [2.45, 2.75) is 24.6 Å². The highest BCUT2D eigenvalue weighted by Gasteiger charge is 2.43. The lowest BCUT2D eigenvalue weighted by Gasteiger charge is -2.33. The zero-order valence-electron chi connectivity index (χ0n) is 19.3. The van der Waals surface area contributed by atoms with Gasteiger partial charge in [0, 0.05) is 53.2 Å². The van der Waals surface area contributed by atoms with E-state index in [1.807, 2.05) is 0 Å². The van der Waals surface area contributed by atoms with Gasteiger partial charge in [-0.1, -0.05) is 17.7 Å². The second kappa shape index (κ2) is 10.1. The van der Waals surface area contributed by atoms with Crippen molar-refractivity contribution in [3.63, 3.8) is 0 Å². The summed E-state index contributed by atoms with van der Waals surface area (Å²) in [5.74, 6) is -0.144. The van der Waals surface area contributed by atoms with E-state index in [4.69, 9.17) is 26.1 Å². The van der Waals surface area contributed by atoms with Gasteiger partial charge in [0.25, 0.3) is 0 Å². The third-order valence-corrected chi connectivity index (χ3v) is 6.99.